The molecule has 0 atom stereocenters. The minimum Gasteiger partial charge on any atom is -0.496 e. The van der Waals surface area contributed by atoms with Crippen LogP contribution in [-0.4, -0.2) is 44.8 Å². The number of benzene rings is 2. The van der Waals surface area contributed by atoms with Gasteiger partial charge in [-0.2, -0.15) is 5.10 Å². The van der Waals surface area contributed by atoms with Crippen LogP contribution in [0.25, 0.3) is 6.08 Å². The van der Waals surface area contributed by atoms with Crippen molar-refractivity contribution in [2.75, 3.05) is 31.6 Å². The lowest BCUT2D eigenvalue weighted by atomic mass is 10.2. The van der Waals surface area contributed by atoms with E-state index < -0.39 is 5.91 Å². The number of hydrogen-bond acceptors (Lipinski definition) is 5. The predicted molar refractivity (Wildman–Crippen MR) is 121 cm³/mol. The molecular weight excluding hydrogens is 380 g/mol. The smallest absolute Gasteiger partial charge is 0.259 e. The first kappa shape index (κ1) is 22.7. The molecule has 0 saturated carbocycles. The van der Waals surface area contributed by atoms with Gasteiger partial charge >= 0.3 is 0 Å². The zero-order valence-corrected chi connectivity index (χ0v) is 17.6. The van der Waals surface area contributed by atoms with Gasteiger partial charge in [-0.05, 0) is 43.7 Å². The second-order valence-electron chi connectivity index (χ2n) is 6.35. The number of hydrogen-bond donors (Lipinski definition) is 2. The lowest BCUT2D eigenvalue weighted by Gasteiger charge is -2.20. The van der Waals surface area contributed by atoms with E-state index >= 15 is 0 Å². The molecular formula is C23H28N4O3. The maximum Gasteiger partial charge on any atom is 0.259 e. The summed E-state index contributed by atoms with van der Waals surface area (Å²) < 4.78 is 5.22. The Labute approximate surface area is 177 Å². The summed E-state index contributed by atoms with van der Waals surface area (Å²) in [7, 11) is 1.57. The number of carbonyl (C=O) groups excluding carboxylic acids is 2. The van der Waals surface area contributed by atoms with Crippen LogP contribution in [0.15, 0.2) is 59.7 Å². The van der Waals surface area contributed by atoms with Gasteiger partial charge in [0, 0.05) is 30.4 Å². The van der Waals surface area contributed by atoms with Gasteiger partial charge in [-0.15, -0.1) is 0 Å². The lowest BCUT2D eigenvalue weighted by Crippen LogP contribution is -2.34. The van der Waals surface area contributed by atoms with Crippen molar-refractivity contribution >= 4 is 29.8 Å². The number of hydrazone groups is 1. The SMILES string of the molecule is CCN(CC)c1ccc(/C=N/NC(=O)CNC(=O)/C=C/c2ccccc2OC)cc1. The minimum atomic E-state index is -0.412. The second kappa shape index (κ2) is 12.1. The molecule has 2 N–H and O–H groups in total. The van der Waals surface area contributed by atoms with Crippen molar-refractivity contribution in [1.82, 2.24) is 10.7 Å². The minimum absolute atomic E-state index is 0.173. The normalized spacial score (nSPS) is 10.9. The number of carbonyl (C=O) groups is 2. The zero-order chi connectivity index (χ0) is 21.8. The first-order chi connectivity index (χ1) is 14.6. The molecule has 2 aromatic carbocycles. The number of amides is 2. The first-order valence-corrected chi connectivity index (χ1v) is 9.83. The van der Waals surface area contributed by atoms with Gasteiger partial charge in [0.05, 0.1) is 19.9 Å². The molecule has 158 valence electrons. The van der Waals surface area contributed by atoms with Crippen molar-refractivity contribution in [2.24, 2.45) is 5.10 Å². The molecule has 7 heteroatoms. The molecule has 0 radical (unpaired) electrons. The fraction of sp³-hybridized carbons (Fsp3) is 0.261. The number of rotatable bonds is 10. The maximum atomic E-state index is 11.9. The van der Waals surface area contributed by atoms with E-state index in [2.05, 4.69) is 34.6 Å². The third kappa shape index (κ3) is 7.09. The molecule has 0 saturated heterocycles. The molecule has 2 rings (SSSR count). The molecule has 0 aromatic heterocycles. The van der Waals surface area contributed by atoms with Crippen LogP contribution in [0.1, 0.15) is 25.0 Å². The topological polar surface area (TPSA) is 83.0 Å². The number of anilines is 1. The first-order valence-electron chi connectivity index (χ1n) is 9.83. The summed E-state index contributed by atoms with van der Waals surface area (Å²) in [5, 5.41) is 6.44. The largest absolute Gasteiger partial charge is 0.496 e. The summed E-state index contributed by atoms with van der Waals surface area (Å²) >= 11 is 0. The Morgan fingerprint density at radius 1 is 1.07 bits per heavy atom. The Morgan fingerprint density at radius 2 is 1.77 bits per heavy atom. The summed E-state index contributed by atoms with van der Waals surface area (Å²) in [4.78, 5) is 26.0. The predicted octanol–water partition coefficient (Wildman–Crippen LogP) is 2.82. The lowest BCUT2D eigenvalue weighted by molar-refractivity contribution is -0.123. The summed E-state index contributed by atoms with van der Waals surface area (Å²) in [6.07, 6.45) is 4.55. The second-order valence-corrected chi connectivity index (χ2v) is 6.35. The number of nitrogens with one attached hydrogen (secondary N) is 2. The zero-order valence-electron chi connectivity index (χ0n) is 17.6. The van der Waals surface area contributed by atoms with E-state index in [0.717, 1.165) is 29.9 Å². The van der Waals surface area contributed by atoms with Crippen molar-refractivity contribution in [3.8, 4) is 5.75 Å². The molecule has 0 fully saturated rings. The van der Waals surface area contributed by atoms with Gasteiger partial charge < -0.3 is 15.0 Å². The van der Waals surface area contributed by atoms with Gasteiger partial charge in [0.15, 0.2) is 0 Å². The molecule has 2 aromatic rings. The molecule has 0 unspecified atom stereocenters. The van der Waals surface area contributed by atoms with Crippen molar-refractivity contribution in [1.29, 1.82) is 0 Å². The fourth-order valence-corrected chi connectivity index (χ4v) is 2.77. The molecule has 7 nitrogen and oxygen atoms in total. The number of methoxy groups -OCH3 is 1. The van der Waals surface area contributed by atoms with Crippen molar-refractivity contribution in [2.45, 2.75) is 13.8 Å². The van der Waals surface area contributed by atoms with Gasteiger partial charge in [0.1, 0.15) is 5.75 Å². The van der Waals surface area contributed by atoms with Gasteiger partial charge in [-0.25, -0.2) is 5.43 Å². The third-order valence-electron chi connectivity index (χ3n) is 4.40. The number of ether oxygens (including phenoxy) is 1. The summed E-state index contributed by atoms with van der Waals surface area (Å²) in [6, 6.07) is 15.2. The van der Waals surface area contributed by atoms with Gasteiger partial charge in [-0.1, -0.05) is 30.3 Å². The monoisotopic (exact) mass is 408 g/mol. The van der Waals surface area contributed by atoms with E-state index in [-0.39, 0.29) is 12.5 Å². The van der Waals surface area contributed by atoms with Gasteiger partial charge in [-0.3, -0.25) is 9.59 Å². The standard InChI is InChI=1S/C23H28N4O3/c1-4-27(5-2)20-13-10-18(11-14-20)16-25-26-23(29)17-24-22(28)15-12-19-8-6-7-9-21(19)30-3/h6-16H,4-5,17H2,1-3H3,(H,24,28)(H,26,29)/b15-12+,25-16+. The molecule has 0 heterocycles. The molecule has 2 amide bonds. The Hall–Kier alpha value is -3.61. The molecule has 30 heavy (non-hydrogen) atoms. The Balaban J connectivity index is 1.77. The van der Waals surface area contributed by atoms with E-state index in [1.54, 1.807) is 25.5 Å². The summed E-state index contributed by atoms with van der Waals surface area (Å²) in [6.45, 7) is 5.94. The fourth-order valence-electron chi connectivity index (χ4n) is 2.77. The molecule has 0 aliphatic rings. The van der Waals surface area contributed by atoms with Crippen LogP contribution in [-0.2, 0) is 9.59 Å². The van der Waals surface area contributed by atoms with Crippen LogP contribution < -0.4 is 20.4 Å². The average Bonchev–Trinajstić information content (AvgIpc) is 2.78. The van der Waals surface area contributed by atoms with Crippen LogP contribution in [0, 0.1) is 0 Å². The van der Waals surface area contributed by atoms with Crippen LogP contribution >= 0.6 is 0 Å². The Bertz CT molecular complexity index is 888. The van der Waals surface area contributed by atoms with Gasteiger partial charge in [0.25, 0.3) is 5.91 Å². The van der Waals surface area contributed by atoms with Crippen molar-refractivity contribution < 1.29 is 14.3 Å². The molecule has 0 aliphatic carbocycles. The number of para-hydroxylation sites is 1. The maximum absolute atomic E-state index is 11.9. The summed E-state index contributed by atoms with van der Waals surface area (Å²) in [5.41, 5.74) is 5.19. The van der Waals surface area contributed by atoms with E-state index in [4.69, 9.17) is 4.74 Å². The highest BCUT2D eigenvalue weighted by Gasteiger charge is 2.03. The van der Waals surface area contributed by atoms with Gasteiger partial charge in [0.2, 0.25) is 5.91 Å². The summed E-state index contributed by atoms with van der Waals surface area (Å²) in [5.74, 6) is -0.129. The van der Waals surface area contributed by atoms with Crippen LogP contribution in [0.2, 0.25) is 0 Å². The quantitative estimate of drug-likeness (QED) is 0.360. The van der Waals surface area contributed by atoms with Crippen molar-refractivity contribution in [3.63, 3.8) is 0 Å². The van der Waals surface area contributed by atoms with E-state index in [0.29, 0.717) is 5.75 Å². The van der Waals surface area contributed by atoms with E-state index in [1.807, 2.05) is 42.5 Å². The molecule has 0 bridgehead atoms. The van der Waals surface area contributed by atoms with Crippen LogP contribution in [0.3, 0.4) is 0 Å². The van der Waals surface area contributed by atoms with Crippen LogP contribution in [0.4, 0.5) is 5.69 Å². The average molecular weight is 409 g/mol. The highest BCUT2D eigenvalue weighted by atomic mass is 16.5. The Kier molecular flexibility index (Phi) is 9.12. The third-order valence-corrected chi connectivity index (χ3v) is 4.40. The Morgan fingerprint density at radius 3 is 2.43 bits per heavy atom. The van der Waals surface area contributed by atoms with Crippen LogP contribution in [0.5, 0.6) is 5.75 Å². The molecule has 0 aliphatic heterocycles. The van der Waals surface area contributed by atoms with E-state index in [1.165, 1.54) is 6.08 Å². The highest BCUT2D eigenvalue weighted by molar-refractivity contribution is 5.94. The molecule has 0 spiro atoms. The number of nitrogens with zero attached hydrogens (tertiary/aromatic N) is 2. The van der Waals surface area contributed by atoms with Crippen molar-refractivity contribution in [3.05, 3.63) is 65.7 Å². The highest BCUT2D eigenvalue weighted by Crippen LogP contribution is 2.18. The van der Waals surface area contributed by atoms with E-state index in [9.17, 15) is 9.59 Å².